The standard InChI is InChI=1S/C16H29NO6/c1-15(2,3)22-13(20)8-12(19)11-7-10(18)9-17(11)14(21)23-16(4,5)6/h10-12,18-19H,7-9H2,1-6H3/t10-,11-,12-/m1/s1. The first-order valence-electron chi connectivity index (χ1n) is 7.86. The summed E-state index contributed by atoms with van der Waals surface area (Å²) in [6.45, 7) is 10.5. The van der Waals surface area contributed by atoms with Crippen LogP contribution in [0, 0.1) is 0 Å². The Morgan fingerprint density at radius 2 is 1.65 bits per heavy atom. The predicted molar refractivity (Wildman–Crippen MR) is 83.8 cm³/mol. The quantitative estimate of drug-likeness (QED) is 0.760. The summed E-state index contributed by atoms with van der Waals surface area (Å²) in [4.78, 5) is 25.3. The van der Waals surface area contributed by atoms with Crippen LogP contribution in [0.5, 0.6) is 0 Å². The van der Waals surface area contributed by atoms with E-state index in [1.165, 1.54) is 4.90 Å². The van der Waals surface area contributed by atoms with Crippen molar-refractivity contribution in [3.05, 3.63) is 0 Å². The molecule has 0 aromatic rings. The van der Waals surface area contributed by atoms with Gasteiger partial charge < -0.3 is 19.7 Å². The molecule has 1 aliphatic heterocycles. The Bertz CT molecular complexity index is 437. The minimum Gasteiger partial charge on any atom is -0.460 e. The number of carbonyl (C=O) groups is 2. The fraction of sp³-hybridized carbons (Fsp3) is 0.875. The average molecular weight is 331 g/mol. The highest BCUT2D eigenvalue weighted by atomic mass is 16.6. The second-order valence-corrected chi connectivity index (χ2v) is 7.95. The zero-order chi connectivity index (χ0) is 18.0. The van der Waals surface area contributed by atoms with E-state index >= 15 is 0 Å². The molecule has 0 saturated carbocycles. The first kappa shape index (κ1) is 19.7. The minimum atomic E-state index is -1.12. The lowest BCUT2D eigenvalue weighted by Gasteiger charge is -2.31. The number of aliphatic hydroxyl groups excluding tert-OH is 2. The SMILES string of the molecule is CC(C)(C)OC(=O)C[C@@H](O)[C@H]1C[C@@H](O)CN1C(=O)OC(C)(C)C. The number of ether oxygens (including phenoxy) is 2. The number of hydrogen-bond acceptors (Lipinski definition) is 6. The Morgan fingerprint density at radius 3 is 2.13 bits per heavy atom. The van der Waals surface area contributed by atoms with Gasteiger partial charge in [0.15, 0.2) is 0 Å². The molecule has 134 valence electrons. The topological polar surface area (TPSA) is 96.3 Å². The molecule has 3 atom stereocenters. The summed E-state index contributed by atoms with van der Waals surface area (Å²) in [6, 6.07) is -0.674. The maximum atomic E-state index is 12.2. The van der Waals surface area contributed by atoms with Gasteiger partial charge in [-0.3, -0.25) is 9.69 Å². The maximum Gasteiger partial charge on any atom is 0.410 e. The molecule has 1 aliphatic rings. The zero-order valence-corrected chi connectivity index (χ0v) is 14.8. The van der Waals surface area contributed by atoms with Crippen molar-refractivity contribution in [1.29, 1.82) is 0 Å². The Balaban J connectivity index is 2.71. The van der Waals surface area contributed by atoms with Crippen LogP contribution in [0.2, 0.25) is 0 Å². The molecule has 7 nitrogen and oxygen atoms in total. The van der Waals surface area contributed by atoms with Crippen molar-refractivity contribution in [2.24, 2.45) is 0 Å². The molecule has 0 spiro atoms. The largest absolute Gasteiger partial charge is 0.460 e. The molecule has 1 amide bonds. The molecule has 1 rings (SSSR count). The van der Waals surface area contributed by atoms with Gasteiger partial charge in [-0.2, -0.15) is 0 Å². The van der Waals surface area contributed by atoms with Crippen molar-refractivity contribution in [1.82, 2.24) is 4.90 Å². The van der Waals surface area contributed by atoms with Crippen LogP contribution in [0.3, 0.4) is 0 Å². The maximum absolute atomic E-state index is 12.2. The summed E-state index contributed by atoms with van der Waals surface area (Å²) in [6.07, 6.45) is -2.52. The number of aliphatic hydroxyl groups is 2. The average Bonchev–Trinajstić information content (AvgIpc) is 2.66. The van der Waals surface area contributed by atoms with E-state index in [9.17, 15) is 19.8 Å². The van der Waals surface area contributed by atoms with Crippen molar-refractivity contribution >= 4 is 12.1 Å². The minimum absolute atomic E-state index is 0.0744. The van der Waals surface area contributed by atoms with Gasteiger partial charge in [-0.05, 0) is 48.0 Å². The van der Waals surface area contributed by atoms with Crippen LogP contribution in [0.15, 0.2) is 0 Å². The number of β-amino-alcohol motifs (C(OH)–C–C–N with tert-alkyl or cyclic N) is 1. The monoisotopic (exact) mass is 331 g/mol. The van der Waals surface area contributed by atoms with E-state index in [2.05, 4.69) is 0 Å². The van der Waals surface area contributed by atoms with Crippen molar-refractivity contribution in [2.75, 3.05) is 6.54 Å². The lowest BCUT2D eigenvalue weighted by Crippen LogP contribution is -2.46. The highest BCUT2D eigenvalue weighted by molar-refractivity contribution is 5.72. The van der Waals surface area contributed by atoms with Gasteiger partial charge in [-0.15, -0.1) is 0 Å². The third kappa shape index (κ3) is 6.74. The lowest BCUT2D eigenvalue weighted by atomic mass is 10.0. The molecule has 1 fully saturated rings. The Morgan fingerprint density at radius 1 is 1.13 bits per heavy atom. The summed E-state index contributed by atoms with van der Waals surface area (Å²) >= 11 is 0. The van der Waals surface area contributed by atoms with Crippen molar-refractivity contribution in [3.8, 4) is 0 Å². The molecule has 0 radical (unpaired) electrons. The molecular weight excluding hydrogens is 302 g/mol. The summed E-state index contributed by atoms with van der Waals surface area (Å²) in [5.74, 6) is -0.546. The number of amides is 1. The number of esters is 1. The highest BCUT2D eigenvalue weighted by Gasteiger charge is 2.41. The van der Waals surface area contributed by atoms with Gasteiger partial charge in [-0.1, -0.05) is 0 Å². The van der Waals surface area contributed by atoms with Gasteiger partial charge in [0.25, 0.3) is 0 Å². The molecule has 0 unspecified atom stereocenters. The van der Waals surface area contributed by atoms with Crippen LogP contribution < -0.4 is 0 Å². The Labute approximate surface area is 137 Å². The van der Waals surface area contributed by atoms with Crippen LogP contribution in [-0.4, -0.2) is 63.2 Å². The first-order valence-corrected chi connectivity index (χ1v) is 7.86. The van der Waals surface area contributed by atoms with Crippen LogP contribution >= 0.6 is 0 Å². The van der Waals surface area contributed by atoms with Crippen LogP contribution in [0.25, 0.3) is 0 Å². The van der Waals surface area contributed by atoms with E-state index in [1.807, 2.05) is 0 Å². The first-order chi connectivity index (χ1) is 10.3. The summed E-state index contributed by atoms with van der Waals surface area (Å²) < 4.78 is 10.5. The summed E-state index contributed by atoms with van der Waals surface area (Å²) in [5, 5.41) is 20.1. The van der Waals surface area contributed by atoms with Crippen LogP contribution in [0.4, 0.5) is 4.79 Å². The van der Waals surface area contributed by atoms with Gasteiger partial charge >= 0.3 is 12.1 Å². The van der Waals surface area contributed by atoms with E-state index in [-0.39, 0.29) is 19.4 Å². The molecule has 0 aromatic heterocycles. The van der Waals surface area contributed by atoms with E-state index in [4.69, 9.17) is 9.47 Å². The molecule has 0 aliphatic carbocycles. The molecule has 2 N–H and O–H groups in total. The number of rotatable bonds is 3. The van der Waals surface area contributed by atoms with E-state index in [0.717, 1.165) is 0 Å². The van der Waals surface area contributed by atoms with Crippen molar-refractivity contribution in [2.45, 2.75) is 83.8 Å². The van der Waals surface area contributed by atoms with Gasteiger partial charge in [0.2, 0.25) is 0 Å². The second-order valence-electron chi connectivity index (χ2n) is 7.95. The smallest absolute Gasteiger partial charge is 0.410 e. The van der Waals surface area contributed by atoms with E-state index < -0.39 is 41.5 Å². The molecule has 23 heavy (non-hydrogen) atoms. The van der Waals surface area contributed by atoms with Crippen LogP contribution in [-0.2, 0) is 14.3 Å². The molecule has 0 aromatic carbocycles. The van der Waals surface area contributed by atoms with Gasteiger partial charge in [0.05, 0.1) is 31.2 Å². The van der Waals surface area contributed by atoms with E-state index in [0.29, 0.717) is 0 Å². The molecule has 0 bridgehead atoms. The normalized spacial score (nSPS) is 23.6. The highest BCUT2D eigenvalue weighted by Crippen LogP contribution is 2.25. The molecule has 1 saturated heterocycles. The van der Waals surface area contributed by atoms with Crippen molar-refractivity contribution in [3.63, 3.8) is 0 Å². The molecular formula is C16H29NO6. The molecule has 7 heteroatoms. The van der Waals surface area contributed by atoms with Crippen LogP contribution in [0.1, 0.15) is 54.4 Å². The fourth-order valence-electron chi connectivity index (χ4n) is 2.43. The Hall–Kier alpha value is -1.34. The number of likely N-dealkylation sites (tertiary alicyclic amines) is 1. The zero-order valence-electron chi connectivity index (χ0n) is 14.8. The lowest BCUT2D eigenvalue weighted by molar-refractivity contribution is -0.157. The van der Waals surface area contributed by atoms with Gasteiger partial charge in [-0.25, -0.2) is 4.79 Å². The second kappa shape index (κ2) is 7.05. The third-order valence-electron chi connectivity index (χ3n) is 3.19. The number of nitrogens with zero attached hydrogens (tertiary/aromatic N) is 1. The third-order valence-corrected chi connectivity index (χ3v) is 3.19. The predicted octanol–water partition coefficient (Wildman–Crippen LogP) is 1.45. The van der Waals surface area contributed by atoms with E-state index in [1.54, 1.807) is 41.5 Å². The van der Waals surface area contributed by atoms with Crippen molar-refractivity contribution < 1.29 is 29.3 Å². The number of hydrogen-bond donors (Lipinski definition) is 2. The van der Waals surface area contributed by atoms with Gasteiger partial charge in [0, 0.05) is 0 Å². The number of carbonyl (C=O) groups excluding carboxylic acids is 2. The van der Waals surface area contributed by atoms with Gasteiger partial charge in [0.1, 0.15) is 11.2 Å². The fourth-order valence-corrected chi connectivity index (χ4v) is 2.43. The Kier molecular flexibility index (Phi) is 6.04. The summed E-state index contributed by atoms with van der Waals surface area (Å²) in [5.41, 5.74) is -1.32. The summed E-state index contributed by atoms with van der Waals surface area (Å²) in [7, 11) is 0. The molecule has 1 heterocycles.